The highest BCUT2D eigenvalue weighted by atomic mass is 35.5. The molecule has 2 aromatic carbocycles. The topological polar surface area (TPSA) is 71.4 Å². The fourth-order valence-corrected chi connectivity index (χ4v) is 3.19. The van der Waals surface area contributed by atoms with Gasteiger partial charge in [0, 0.05) is 5.02 Å². The van der Waals surface area contributed by atoms with Gasteiger partial charge in [0.2, 0.25) is 9.84 Å². The summed E-state index contributed by atoms with van der Waals surface area (Å²) in [5.74, 6) is -1.53. The standard InChI is InChI=1S/C15H11ClO4S/c16-13-9-5-4-6-11(13)10-14(15(17)18)21(19,20)12-7-2-1-3-8-12/h1-10H,(H,17,18)/b14-10-. The first-order chi connectivity index (χ1) is 9.93. The predicted molar refractivity (Wildman–Crippen MR) is 80.7 cm³/mol. The van der Waals surface area contributed by atoms with E-state index in [1.807, 2.05) is 0 Å². The minimum atomic E-state index is -4.11. The van der Waals surface area contributed by atoms with Crippen molar-refractivity contribution < 1.29 is 18.3 Å². The summed E-state index contributed by atoms with van der Waals surface area (Å²) >= 11 is 5.94. The van der Waals surface area contributed by atoms with Crippen LogP contribution in [0.1, 0.15) is 5.56 Å². The minimum absolute atomic E-state index is 0.0781. The first kappa shape index (κ1) is 15.3. The van der Waals surface area contributed by atoms with Crippen molar-refractivity contribution in [1.82, 2.24) is 0 Å². The molecule has 0 aliphatic rings. The molecule has 0 spiro atoms. The first-order valence-electron chi connectivity index (χ1n) is 5.92. The van der Waals surface area contributed by atoms with Crippen molar-refractivity contribution in [3.8, 4) is 0 Å². The van der Waals surface area contributed by atoms with E-state index in [4.69, 9.17) is 11.6 Å². The highest BCUT2D eigenvalue weighted by molar-refractivity contribution is 7.96. The number of aliphatic carboxylic acids is 1. The molecule has 0 bridgehead atoms. The Morgan fingerprint density at radius 3 is 2.14 bits per heavy atom. The molecule has 4 nitrogen and oxygen atoms in total. The maximum absolute atomic E-state index is 12.4. The molecule has 2 rings (SSSR count). The van der Waals surface area contributed by atoms with E-state index in [0.29, 0.717) is 5.56 Å². The number of hydrogen-bond donors (Lipinski definition) is 1. The zero-order valence-corrected chi connectivity index (χ0v) is 12.3. The fraction of sp³-hybridized carbons (Fsp3) is 0. The van der Waals surface area contributed by atoms with Gasteiger partial charge in [0.15, 0.2) is 4.91 Å². The zero-order chi connectivity index (χ0) is 15.5. The molecule has 0 atom stereocenters. The fourth-order valence-electron chi connectivity index (χ4n) is 1.71. The summed E-state index contributed by atoms with van der Waals surface area (Å²) in [5.41, 5.74) is 0.330. The summed E-state index contributed by atoms with van der Waals surface area (Å²) in [6, 6.07) is 13.8. The second-order valence-corrected chi connectivity index (χ2v) is 6.48. The van der Waals surface area contributed by atoms with Gasteiger partial charge in [0.25, 0.3) is 0 Å². The molecule has 21 heavy (non-hydrogen) atoms. The Bertz CT molecular complexity index is 795. The lowest BCUT2D eigenvalue weighted by molar-refractivity contribution is -0.131. The molecule has 0 saturated carbocycles. The van der Waals surface area contributed by atoms with E-state index in [1.54, 1.807) is 30.3 Å². The third kappa shape index (κ3) is 3.32. The Morgan fingerprint density at radius 2 is 1.57 bits per heavy atom. The molecular weight excluding hydrogens is 312 g/mol. The normalized spacial score (nSPS) is 12.1. The monoisotopic (exact) mass is 322 g/mol. The van der Waals surface area contributed by atoms with Crippen molar-refractivity contribution in [2.45, 2.75) is 4.90 Å². The van der Waals surface area contributed by atoms with Crippen LogP contribution < -0.4 is 0 Å². The maximum atomic E-state index is 12.4. The molecule has 0 saturated heterocycles. The lowest BCUT2D eigenvalue weighted by atomic mass is 10.2. The number of carbonyl (C=O) groups is 1. The Balaban J connectivity index is 2.61. The zero-order valence-electron chi connectivity index (χ0n) is 10.7. The molecule has 6 heteroatoms. The number of rotatable bonds is 4. The molecule has 0 unspecified atom stereocenters. The summed E-state index contributed by atoms with van der Waals surface area (Å²) in [5, 5.41) is 9.51. The van der Waals surface area contributed by atoms with Gasteiger partial charge >= 0.3 is 5.97 Å². The van der Waals surface area contributed by atoms with Crippen molar-refractivity contribution in [3.05, 3.63) is 70.1 Å². The third-order valence-electron chi connectivity index (χ3n) is 2.75. The number of benzene rings is 2. The Labute approximate surface area is 127 Å². The van der Waals surface area contributed by atoms with Crippen LogP contribution in [0.2, 0.25) is 5.02 Å². The summed E-state index contributed by atoms with van der Waals surface area (Å²) < 4.78 is 24.8. The molecule has 0 fully saturated rings. The van der Waals surface area contributed by atoms with E-state index in [-0.39, 0.29) is 9.92 Å². The molecular formula is C15H11ClO4S. The van der Waals surface area contributed by atoms with Crippen LogP contribution in [0.3, 0.4) is 0 Å². The van der Waals surface area contributed by atoms with Crippen molar-refractivity contribution in [3.63, 3.8) is 0 Å². The van der Waals surface area contributed by atoms with Gasteiger partial charge in [-0.15, -0.1) is 0 Å². The number of sulfone groups is 1. The molecule has 0 aliphatic heterocycles. The molecule has 0 heterocycles. The third-order valence-corrected chi connectivity index (χ3v) is 4.85. The van der Waals surface area contributed by atoms with Crippen molar-refractivity contribution in [2.75, 3.05) is 0 Å². The lowest BCUT2D eigenvalue weighted by Gasteiger charge is -2.06. The van der Waals surface area contributed by atoms with Gasteiger partial charge in [-0.3, -0.25) is 0 Å². The van der Waals surface area contributed by atoms with Crippen LogP contribution in [0.5, 0.6) is 0 Å². The maximum Gasteiger partial charge on any atom is 0.347 e. The number of carboxylic acid groups (broad SMARTS) is 1. The van der Waals surface area contributed by atoms with Crippen LogP contribution in [-0.2, 0) is 14.6 Å². The van der Waals surface area contributed by atoms with E-state index in [0.717, 1.165) is 6.08 Å². The quantitative estimate of drug-likeness (QED) is 0.877. The van der Waals surface area contributed by atoms with Crippen LogP contribution in [0.25, 0.3) is 6.08 Å². The number of carboxylic acids is 1. The van der Waals surface area contributed by atoms with Crippen molar-refractivity contribution in [2.24, 2.45) is 0 Å². The van der Waals surface area contributed by atoms with Gasteiger partial charge in [-0.05, 0) is 29.8 Å². The molecule has 108 valence electrons. The SMILES string of the molecule is O=C(O)/C(=C/c1ccccc1Cl)S(=O)(=O)c1ccccc1. The number of halogens is 1. The van der Waals surface area contributed by atoms with Crippen molar-refractivity contribution >= 4 is 33.5 Å². The van der Waals surface area contributed by atoms with E-state index < -0.39 is 20.7 Å². The summed E-state index contributed by atoms with van der Waals surface area (Å²) in [6.45, 7) is 0. The second kappa shape index (κ2) is 6.11. The summed E-state index contributed by atoms with van der Waals surface area (Å²) in [4.78, 5) is 10.5. The smallest absolute Gasteiger partial charge is 0.347 e. The number of hydrogen-bond acceptors (Lipinski definition) is 3. The lowest BCUT2D eigenvalue weighted by Crippen LogP contribution is -2.13. The molecule has 2 aromatic rings. The van der Waals surface area contributed by atoms with Gasteiger partial charge < -0.3 is 5.11 Å². The second-order valence-electron chi connectivity index (χ2n) is 4.15. The van der Waals surface area contributed by atoms with Crippen LogP contribution in [0.4, 0.5) is 0 Å². The van der Waals surface area contributed by atoms with Crippen LogP contribution >= 0.6 is 11.6 Å². The average Bonchev–Trinajstić information content (AvgIpc) is 2.46. The van der Waals surface area contributed by atoms with Gasteiger partial charge in [0.1, 0.15) is 0 Å². The van der Waals surface area contributed by atoms with Crippen LogP contribution in [0.15, 0.2) is 64.4 Å². The highest BCUT2D eigenvalue weighted by Gasteiger charge is 2.26. The van der Waals surface area contributed by atoms with Gasteiger partial charge in [-0.25, -0.2) is 13.2 Å². The minimum Gasteiger partial charge on any atom is -0.477 e. The van der Waals surface area contributed by atoms with E-state index in [2.05, 4.69) is 0 Å². The van der Waals surface area contributed by atoms with E-state index in [9.17, 15) is 18.3 Å². The molecule has 0 amide bonds. The van der Waals surface area contributed by atoms with E-state index in [1.165, 1.54) is 24.3 Å². The molecule has 1 N–H and O–H groups in total. The van der Waals surface area contributed by atoms with Gasteiger partial charge in [0.05, 0.1) is 4.90 Å². The highest BCUT2D eigenvalue weighted by Crippen LogP contribution is 2.24. The van der Waals surface area contributed by atoms with Gasteiger partial charge in [-0.1, -0.05) is 48.0 Å². The summed E-state index contributed by atoms with van der Waals surface area (Å²) in [6.07, 6.45) is 1.06. The van der Waals surface area contributed by atoms with E-state index >= 15 is 0 Å². The average molecular weight is 323 g/mol. The Morgan fingerprint density at radius 1 is 1.00 bits per heavy atom. The largest absolute Gasteiger partial charge is 0.477 e. The van der Waals surface area contributed by atoms with Crippen molar-refractivity contribution in [1.29, 1.82) is 0 Å². The first-order valence-corrected chi connectivity index (χ1v) is 7.78. The molecule has 0 radical (unpaired) electrons. The molecule has 0 aliphatic carbocycles. The summed E-state index contributed by atoms with van der Waals surface area (Å²) in [7, 11) is -4.11. The Kier molecular flexibility index (Phi) is 4.45. The molecule has 0 aromatic heterocycles. The van der Waals surface area contributed by atoms with Crippen LogP contribution in [-0.4, -0.2) is 19.5 Å². The van der Waals surface area contributed by atoms with Gasteiger partial charge in [-0.2, -0.15) is 0 Å². The predicted octanol–water partition coefficient (Wildman–Crippen LogP) is 3.24. The van der Waals surface area contributed by atoms with Crippen LogP contribution in [0, 0.1) is 0 Å². The Hall–Kier alpha value is -2.11.